The number of hydrogen-bond acceptors (Lipinski definition) is 4. The molecule has 1 aliphatic heterocycles. The minimum Gasteiger partial charge on any atom is -0.379 e. The van der Waals surface area contributed by atoms with Crippen LogP contribution in [0.4, 0.5) is 0 Å². The summed E-state index contributed by atoms with van der Waals surface area (Å²) in [5.41, 5.74) is 0. The van der Waals surface area contributed by atoms with E-state index in [1.807, 2.05) is 0 Å². The van der Waals surface area contributed by atoms with Gasteiger partial charge in [0, 0.05) is 38.8 Å². The lowest BCUT2D eigenvalue weighted by Gasteiger charge is -2.36. The molecule has 1 atom stereocenters. The zero-order chi connectivity index (χ0) is 17.8. The Bertz CT molecular complexity index is 348. The van der Waals surface area contributed by atoms with Crippen molar-refractivity contribution in [1.29, 1.82) is 0 Å². The van der Waals surface area contributed by atoms with E-state index in [2.05, 4.69) is 50.2 Å². The Morgan fingerprint density at radius 3 is 2.40 bits per heavy atom. The Morgan fingerprint density at radius 2 is 1.84 bits per heavy atom. The van der Waals surface area contributed by atoms with Crippen molar-refractivity contribution in [2.24, 2.45) is 16.8 Å². The normalized spacial score (nSPS) is 17.5. The lowest BCUT2D eigenvalue weighted by Crippen LogP contribution is -2.48. The summed E-state index contributed by atoms with van der Waals surface area (Å²) in [6, 6.07) is 0.460. The van der Waals surface area contributed by atoms with Gasteiger partial charge in [0.1, 0.15) is 0 Å². The first kappa shape index (κ1) is 24.9. The lowest BCUT2D eigenvalue weighted by molar-refractivity contribution is 0.00867. The van der Waals surface area contributed by atoms with Gasteiger partial charge in [-0.15, -0.1) is 24.0 Å². The zero-order valence-electron chi connectivity index (χ0n) is 16.7. The largest absolute Gasteiger partial charge is 0.379 e. The van der Waals surface area contributed by atoms with Gasteiger partial charge in [0.15, 0.2) is 5.96 Å². The Hall–Kier alpha value is -0.120. The molecule has 1 rings (SSSR count). The molecule has 2 N–H and O–H groups in total. The molecule has 0 amide bonds. The van der Waals surface area contributed by atoms with E-state index in [1.54, 1.807) is 0 Å². The number of nitrogens with zero attached hydrogens (tertiary/aromatic N) is 2. The van der Waals surface area contributed by atoms with E-state index in [4.69, 9.17) is 14.5 Å². The van der Waals surface area contributed by atoms with Crippen LogP contribution in [0.5, 0.6) is 0 Å². The molecule has 0 spiro atoms. The summed E-state index contributed by atoms with van der Waals surface area (Å²) in [7, 11) is 0. The number of hydrogen-bond donors (Lipinski definition) is 2. The molecular formula is C18H39IN4O2. The van der Waals surface area contributed by atoms with Crippen molar-refractivity contribution in [1.82, 2.24) is 15.5 Å². The monoisotopic (exact) mass is 470 g/mol. The molecule has 7 heteroatoms. The number of guanidine groups is 1. The van der Waals surface area contributed by atoms with Crippen LogP contribution in [0.2, 0.25) is 0 Å². The SMILES string of the molecule is CCNC(=NCC(C(C)C)N1CCOCC1)NCCOCC(C)C.I. The van der Waals surface area contributed by atoms with Gasteiger partial charge in [0.2, 0.25) is 0 Å². The molecule has 0 aromatic rings. The van der Waals surface area contributed by atoms with Gasteiger partial charge in [0.05, 0.1) is 26.4 Å². The molecule has 0 aromatic carbocycles. The third-order valence-corrected chi connectivity index (χ3v) is 4.05. The van der Waals surface area contributed by atoms with Crippen molar-refractivity contribution >= 4 is 29.9 Å². The summed E-state index contributed by atoms with van der Waals surface area (Å²) in [4.78, 5) is 7.31. The second-order valence-corrected chi connectivity index (χ2v) is 7.07. The van der Waals surface area contributed by atoms with Crippen molar-refractivity contribution in [2.75, 3.05) is 59.2 Å². The predicted octanol–water partition coefficient (Wildman–Crippen LogP) is 2.19. The summed E-state index contributed by atoms with van der Waals surface area (Å²) >= 11 is 0. The van der Waals surface area contributed by atoms with Crippen LogP contribution in [0.25, 0.3) is 0 Å². The average molecular weight is 470 g/mol. The number of aliphatic imine (C=N–C) groups is 1. The number of halogens is 1. The van der Waals surface area contributed by atoms with Gasteiger partial charge in [-0.05, 0) is 18.8 Å². The van der Waals surface area contributed by atoms with E-state index >= 15 is 0 Å². The van der Waals surface area contributed by atoms with E-state index in [0.29, 0.717) is 24.5 Å². The van der Waals surface area contributed by atoms with Gasteiger partial charge in [-0.25, -0.2) is 0 Å². The number of nitrogens with one attached hydrogen (secondary N) is 2. The molecule has 6 nitrogen and oxygen atoms in total. The lowest BCUT2D eigenvalue weighted by atomic mass is 10.0. The third kappa shape index (κ3) is 11.2. The van der Waals surface area contributed by atoms with Crippen molar-refractivity contribution in [3.05, 3.63) is 0 Å². The Balaban J connectivity index is 0.00000576. The first-order valence-electron chi connectivity index (χ1n) is 9.46. The summed E-state index contributed by atoms with van der Waals surface area (Å²) in [5.74, 6) is 2.03. The van der Waals surface area contributed by atoms with E-state index in [1.165, 1.54) is 0 Å². The quantitative estimate of drug-likeness (QED) is 0.222. The summed E-state index contributed by atoms with van der Waals surface area (Å²) in [5, 5.41) is 6.68. The maximum atomic E-state index is 5.62. The van der Waals surface area contributed by atoms with E-state index < -0.39 is 0 Å². The van der Waals surface area contributed by atoms with E-state index in [-0.39, 0.29) is 24.0 Å². The second kappa shape index (κ2) is 15.0. The average Bonchev–Trinajstić information content (AvgIpc) is 2.55. The van der Waals surface area contributed by atoms with Crippen LogP contribution in [0.3, 0.4) is 0 Å². The van der Waals surface area contributed by atoms with Crippen LogP contribution in [0.1, 0.15) is 34.6 Å². The predicted molar refractivity (Wildman–Crippen MR) is 116 cm³/mol. The molecule has 0 radical (unpaired) electrons. The summed E-state index contributed by atoms with van der Waals surface area (Å²) in [6.07, 6.45) is 0. The molecular weight excluding hydrogens is 431 g/mol. The Kier molecular flexibility index (Phi) is 14.9. The molecule has 1 aliphatic rings. The topological polar surface area (TPSA) is 58.1 Å². The highest BCUT2D eigenvalue weighted by Gasteiger charge is 2.23. The maximum absolute atomic E-state index is 5.62. The number of morpholine rings is 1. The second-order valence-electron chi connectivity index (χ2n) is 7.07. The summed E-state index contributed by atoms with van der Waals surface area (Å²) in [6.45, 7) is 18.6. The number of ether oxygens (including phenoxy) is 2. The highest BCUT2D eigenvalue weighted by Crippen LogP contribution is 2.13. The van der Waals surface area contributed by atoms with Gasteiger partial charge >= 0.3 is 0 Å². The highest BCUT2D eigenvalue weighted by atomic mass is 127. The Labute approximate surface area is 171 Å². The van der Waals surface area contributed by atoms with Crippen molar-refractivity contribution in [3.8, 4) is 0 Å². The fraction of sp³-hybridized carbons (Fsp3) is 0.944. The molecule has 0 aliphatic carbocycles. The summed E-state index contributed by atoms with van der Waals surface area (Å²) < 4.78 is 11.1. The molecule has 25 heavy (non-hydrogen) atoms. The van der Waals surface area contributed by atoms with E-state index in [0.717, 1.165) is 58.5 Å². The van der Waals surface area contributed by atoms with Crippen LogP contribution in [-0.2, 0) is 9.47 Å². The highest BCUT2D eigenvalue weighted by molar-refractivity contribution is 14.0. The minimum atomic E-state index is 0. The molecule has 0 saturated carbocycles. The zero-order valence-corrected chi connectivity index (χ0v) is 19.0. The maximum Gasteiger partial charge on any atom is 0.191 e. The van der Waals surface area contributed by atoms with Crippen LogP contribution >= 0.6 is 24.0 Å². The van der Waals surface area contributed by atoms with Crippen molar-refractivity contribution < 1.29 is 9.47 Å². The fourth-order valence-corrected chi connectivity index (χ4v) is 2.74. The number of rotatable bonds is 10. The first-order valence-corrected chi connectivity index (χ1v) is 9.46. The van der Waals surface area contributed by atoms with Crippen molar-refractivity contribution in [3.63, 3.8) is 0 Å². The van der Waals surface area contributed by atoms with Crippen LogP contribution < -0.4 is 10.6 Å². The minimum absolute atomic E-state index is 0. The van der Waals surface area contributed by atoms with Crippen LogP contribution in [0, 0.1) is 11.8 Å². The molecule has 1 heterocycles. The fourth-order valence-electron chi connectivity index (χ4n) is 2.74. The third-order valence-electron chi connectivity index (χ3n) is 4.05. The van der Waals surface area contributed by atoms with Crippen LogP contribution in [0.15, 0.2) is 4.99 Å². The standard InChI is InChI=1S/C18H38N4O2.HI/c1-6-19-18(20-7-10-24-14-15(2)3)21-13-17(16(4)5)22-8-11-23-12-9-22;/h15-17H,6-14H2,1-5H3,(H2,19,20,21);1H. The molecule has 150 valence electrons. The smallest absolute Gasteiger partial charge is 0.191 e. The van der Waals surface area contributed by atoms with Gasteiger partial charge in [-0.2, -0.15) is 0 Å². The molecule has 0 aromatic heterocycles. The van der Waals surface area contributed by atoms with Gasteiger partial charge in [-0.1, -0.05) is 27.7 Å². The van der Waals surface area contributed by atoms with Gasteiger partial charge in [0.25, 0.3) is 0 Å². The molecule has 1 unspecified atom stereocenters. The van der Waals surface area contributed by atoms with Gasteiger partial charge in [-0.3, -0.25) is 9.89 Å². The molecule has 0 bridgehead atoms. The van der Waals surface area contributed by atoms with Crippen LogP contribution in [-0.4, -0.2) is 76.1 Å². The Morgan fingerprint density at radius 1 is 1.16 bits per heavy atom. The van der Waals surface area contributed by atoms with Gasteiger partial charge < -0.3 is 20.1 Å². The van der Waals surface area contributed by atoms with Crippen molar-refractivity contribution in [2.45, 2.75) is 40.7 Å². The molecule has 1 saturated heterocycles. The van der Waals surface area contributed by atoms with E-state index in [9.17, 15) is 0 Å². The first-order chi connectivity index (χ1) is 11.5. The molecule has 1 fully saturated rings.